The number of anilines is 1. The van der Waals surface area contributed by atoms with Crippen molar-refractivity contribution in [3.05, 3.63) is 29.8 Å². The molecule has 2 fully saturated rings. The molecule has 172 valence electrons. The Labute approximate surface area is 183 Å². The number of sulfonamides is 1. The molecule has 0 spiro atoms. The molecule has 1 aliphatic carbocycles. The number of morpholine rings is 1. The Hall–Kier alpha value is -2.17. The van der Waals surface area contributed by atoms with Crippen molar-refractivity contribution in [1.82, 2.24) is 9.80 Å². The maximum atomic E-state index is 12.8. The number of carbonyl (C=O) groups is 2. The van der Waals surface area contributed by atoms with Gasteiger partial charge in [-0.15, -0.1) is 0 Å². The third kappa shape index (κ3) is 5.75. The maximum Gasteiger partial charge on any atom is 0.254 e. The molecule has 3 rings (SSSR count). The van der Waals surface area contributed by atoms with Crippen molar-refractivity contribution in [3.63, 3.8) is 0 Å². The second kappa shape index (κ2) is 9.97. The summed E-state index contributed by atoms with van der Waals surface area (Å²) in [7, 11) is -2.13. The van der Waals surface area contributed by atoms with Gasteiger partial charge in [0.2, 0.25) is 15.9 Å². The van der Waals surface area contributed by atoms with Gasteiger partial charge in [-0.2, -0.15) is 0 Å². The number of hydrogen-bond donors (Lipinski definition) is 1. The first-order valence-electron chi connectivity index (χ1n) is 10.6. The Morgan fingerprint density at radius 2 is 1.74 bits per heavy atom. The van der Waals surface area contributed by atoms with E-state index in [-0.39, 0.29) is 24.4 Å². The maximum absolute atomic E-state index is 12.8. The number of hydrogen-bond acceptors (Lipinski definition) is 6. The Balaban J connectivity index is 1.73. The van der Waals surface area contributed by atoms with Crippen molar-refractivity contribution in [2.75, 3.05) is 50.5 Å². The Morgan fingerprint density at radius 1 is 1.13 bits per heavy atom. The Morgan fingerprint density at radius 3 is 2.32 bits per heavy atom. The average Bonchev–Trinajstić information content (AvgIpc) is 2.76. The van der Waals surface area contributed by atoms with Crippen LogP contribution in [0.3, 0.4) is 0 Å². The fraction of sp³-hybridized carbons (Fsp3) is 0.619. The van der Waals surface area contributed by atoms with Gasteiger partial charge in [0.1, 0.15) is 6.54 Å². The second-order valence-electron chi connectivity index (χ2n) is 8.14. The summed E-state index contributed by atoms with van der Waals surface area (Å²) >= 11 is 0. The van der Waals surface area contributed by atoms with Gasteiger partial charge in [0, 0.05) is 25.7 Å². The predicted molar refractivity (Wildman–Crippen MR) is 116 cm³/mol. The van der Waals surface area contributed by atoms with Gasteiger partial charge in [-0.3, -0.25) is 13.9 Å². The molecule has 9 nitrogen and oxygen atoms in total. The second-order valence-corrected chi connectivity index (χ2v) is 10.1. The molecule has 1 aromatic rings. The zero-order valence-electron chi connectivity index (χ0n) is 18.1. The summed E-state index contributed by atoms with van der Waals surface area (Å²) in [4.78, 5) is 28.6. The fourth-order valence-corrected chi connectivity index (χ4v) is 4.93. The average molecular weight is 454 g/mol. The lowest BCUT2D eigenvalue weighted by molar-refractivity contribution is -0.133. The van der Waals surface area contributed by atoms with Gasteiger partial charge in [-0.05, 0) is 37.1 Å². The van der Waals surface area contributed by atoms with E-state index in [2.05, 4.69) is 0 Å². The van der Waals surface area contributed by atoms with E-state index in [4.69, 9.17) is 4.74 Å². The molecule has 2 aliphatic rings. The number of ether oxygens (including phenoxy) is 1. The molecule has 2 amide bonds. The Bertz CT molecular complexity index is 883. The molecule has 1 saturated heterocycles. The van der Waals surface area contributed by atoms with Crippen molar-refractivity contribution < 1.29 is 27.9 Å². The van der Waals surface area contributed by atoms with Crippen LogP contribution in [-0.4, -0.2) is 93.4 Å². The molecule has 0 radical (unpaired) electrons. The number of rotatable bonds is 6. The predicted octanol–water partition coefficient (Wildman–Crippen LogP) is 0.687. The lowest BCUT2D eigenvalue weighted by Gasteiger charge is -2.36. The van der Waals surface area contributed by atoms with Crippen molar-refractivity contribution in [3.8, 4) is 0 Å². The van der Waals surface area contributed by atoms with E-state index in [0.717, 1.165) is 23.4 Å². The first kappa shape index (κ1) is 23.5. The van der Waals surface area contributed by atoms with E-state index < -0.39 is 16.1 Å². The monoisotopic (exact) mass is 453 g/mol. The first-order valence-corrected chi connectivity index (χ1v) is 12.4. The van der Waals surface area contributed by atoms with Crippen LogP contribution < -0.4 is 4.31 Å². The number of amides is 2. The lowest BCUT2D eigenvalue weighted by Crippen LogP contribution is -2.50. The minimum absolute atomic E-state index is 0.136. The highest BCUT2D eigenvalue weighted by molar-refractivity contribution is 7.92. The van der Waals surface area contributed by atoms with Crippen LogP contribution >= 0.6 is 0 Å². The molecule has 2 unspecified atom stereocenters. The largest absolute Gasteiger partial charge is 0.391 e. The van der Waals surface area contributed by atoms with Gasteiger partial charge >= 0.3 is 0 Å². The van der Waals surface area contributed by atoms with Crippen LogP contribution in [0.2, 0.25) is 0 Å². The topological polar surface area (TPSA) is 107 Å². The van der Waals surface area contributed by atoms with E-state index in [9.17, 15) is 23.1 Å². The molecule has 1 aromatic carbocycles. The number of likely N-dealkylation sites (N-methyl/N-ethyl adjacent to an activating group) is 1. The number of carbonyl (C=O) groups excluding carboxylic acids is 2. The number of benzene rings is 1. The van der Waals surface area contributed by atoms with Gasteiger partial charge in [0.25, 0.3) is 5.91 Å². The Kier molecular flexibility index (Phi) is 7.55. The van der Waals surface area contributed by atoms with Crippen LogP contribution in [0.5, 0.6) is 0 Å². The van der Waals surface area contributed by atoms with E-state index in [0.29, 0.717) is 50.4 Å². The molecule has 1 heterocycles. The molecule has 1 N–H and O–H groups in total. The van der Waals surface area contributed by atoms with Crippen LogP contribution in [0, 0.1) is 0 Å². The minimum atomic E-state index is -3.73. The molecule has 0 bridgehead atoms. The lowest BCUT2D eigenvalue weighted by atomic mass is 9.91. The van der Waals surface area contributed by atoms with Gasteiger partial charge in [-0.1, -0.05) is 12.8 Å². The number of aliphatic hydroxyl groups is 1. The van der Waals surface area contributed by atoms with Crippen molar-refractivity contribution in [2.45, 2.75) is 37.8 Å². The van der Waals surface area contributed by atoms with Gasteiger partial charge in [-0.25, -0.2) is 8.42 Å². The van der Waals surface area contributed by atoms with Crippen LogP contribution in [0.25, 0.3) is 0 Å². The van der Waals surface area contributed by atoms with E-state index in [1.54, 1.807) is 24.1 Å². The van der Waals surface area contributed by atoms with Crippen molar-refractivity contribution in [1.29, 1.82) is 0 Å². The molecule has 1 saturated carbocycles. The van der Waals surface area contributed by atoms with E-state index in [1.165, 1.54) is 17.0 Å². The summed E-state index contributed by atoms with van der Waals surface area (Å²) in [6, 6.07) is 5.92. The third-order valence-electron chi connectivity index (χ3n) is 5.96. The summed E-state index contributed by atoms with van der Waals surface area (Å²) in [5.41, 5.74) is 0.764. The quantitative estimate of drug-likeness (QED) is 0.679. The van der Waals surface area contributed by atoms with Crippen LogP contribution in [-0.2, 0) is 19.6 Å². The fourth-order valence-electron chi connectivity index (χ4n) is 4.08. The summed E-state index contributed by atoms with van der Waals surface area (Å²) in [6.07, 6.45) is 3.62. The number of nitrogens with zero attached hydrogens (tertiary/aromatic N) is 3. The van der Waals surface area contributed by atoms with E-state index in [1.807, 2.05) is 0 Å². The molecule has 10 heteroatoms. The van der Waals surface area contributed by atoms with Crippen molar-refractivity contribution >= 4 is 27.5 Å². The first-order chi connectivity index (χ1) is 14.7. The molecule has 1 aliphatic heterocycles. The van der Waals surface area contributed by atoms with Gasteiger partial charge < -0.3 is 19.6 Å². The van der Waals surface area contributed by atoms with Gasteiger partial charge in [0.15, 0.2) is 0 Å². The summed E-state index contributed by atoms with van der Waals surface area (Å²) in [5, 5.41) is 10.2. The molecular formula is C21H31N3O6S. The smallest absolute Gasteiger partial charge is 0.254 e. The molecule has 2 atom stereocenters. The van der Waals surface area contributed by atoms with Crippen LogP contribution in [0.15, 0.2) is 24.3 Å². The minimum Gasteiger partial charge on any atom is -0.391 e. The van der Waals surface area contributed by atoms with Crippen LogP contribution in [0.1, 0.15) is 36.0 Å². The zero-order valence-corrected chi connectivity index (χ0v) is 18.9. The van der Waals surface area contributed by atoms with Crippen molar-refractivity contribution in [2.24, 2.45) is 0 Å². The highest BCUT2D eigenvalue weighted by Gasteiger charge is 2.31. The highest BCUT2D eigenvalue weighted by atomic mass is 32.2. The van der Waals surface area contributed by atoms with Crippen LogP contribution in [0.4, 0.5) is 5.69 Å². The molecule has 0 aromatic heterocycles. The van der Waals surface area contributed by atoms with Gasteiger partial charge in [0.05, 0.1) is 37.3 Å². The highest BCUT2D eigenvalue weighted by Crippen LogP contribution is 2.24. The summed E-state index contributed by atoms with van der Waals surface area (Å²) < 4.78 is 31.1. The normalized spacial score (nSPS) is 22.1. The molecule has 31 heavy (non-hydrogen) atoms. The summed E-state index contributed by atoms with van der Waals surface area (Å²) in [6.45, 7) is 1.66. The summed E-state index contributed by atoms with van der Waals surface area (Å²) in [5.74, 6) is -0.521. The SMILES string of the molecule is CN(C(=O)CN(c1ccc(C(=O)N2CCOCC2)cc1)S(C)(=O)=O)C1CCCCC1O. The number of aliphatic hydroxyl groups excluding tert-OH is 1. The standard InChI is InChI=1S/C21H31N3O6S/c1-22(18-5-3-4-6-19(18)25)20(26)15-24(31(2,28)29)17-9-7-16(8-10-17)21(27)23-11-13-30-14-12-23/h7-10,18-19,25H,3-6,11-15H2,1-2H3. The third-order valence-corrected chi connectivity index (χ3v) is 7.11. The van der Waals surface area contributed by atoms with E-state index >= 15 is 0 Å². The molecular weight excluding hydrogens is 422 g/mol. The zero-order chi connectivity index (χ0) is 22.6.